The number of nitrogens with one attached hydrogen (secondary N) is 1. The van der Waals surface area contributed by atoms with E-state index in [0.29, 0.717) is 12.3 Å². The molecule has 0 aliphatic rings. The highest BCUT2D eigenvalue weighted by Crippen LogP contribution is 2.07. The Morgan fingerprint density at radius 2 is 1.92 bits per heavy atom. The normalized spacial score (nSPS) is 12.6. The summed E-state index contributed by atoms with van der Waals surface area (Å²) >= 11 is 0. The highest BCUT2D eigenvalue weighted by molar-refractivity contribution is 5.74. The standard InChI is InChI=1S/C9H17NO3/c1-6(2)4-8(5-9(12)13)10-7(3)11/h6,8H,4-5H2,1-3H3,(H,10,11)(H,12,13)/t8-/m0/s1. The molecule has 1 amide bonds. The first-order valence-corrected chi connectivity index (χ1v) is 4.40. The fourth-order valence-corrected chi connectivity index (χ4v) is 1.26. The fourth-order valence-electron chi connectivity index (χ4n) is 1.26. The number of carbonyl (C=O) groups excluding carboxylic acids is 1. The van der Waals surface area contributed by atoms with Gasteiger partial charge in [-0.05, 0) is 12.3 Å². The van der Waals surface area contributed by atoms with Gasteiger partial charge in [-0.15, -0.1) is 0 Å². The molecule has 0 aliphatic carbocycles. The van der Waals surface area contributed by atoms with E-state index in [1.165, 1.54) is 6.92 Å². The van der Waals surface area contributed by atoms with Gasteiger partial charge in [-0.25, -0.2) is 0 Å². The summed E-state index contributed by atoms with van der Waals surface area (Å²) in [6.07, 6.45) is 0.698. The van der Waals surface area contributed by atoms with Gasteiger partial charge in [0.15, 0.2) is 0 Å². The lowest BCUT2D eigenvalue weighted by molar-refractivity contribution is -0.137. The third-order valence-corrected chi connectivity index (χ3v) is 1.58. The Hall–Kier alpha value is -1.06. The Bertz CT molecular complexity index is 173. The molecule has 0 radical (unpaired) electrons. The first-order valence-electron chi connectivity index (χ1n) is 4.40. The van der Waals surface area contributed by atoms with Crippen molar-refractivity contribution in [1.29, 1.82) is 0 Å². The molecule has 4 heteroatoms. The molecule has 0 unspecified atom stereocenters. The van der Waals surface area contributed by atoms with Crippen molar-refractivity contribution in [1.82, 2.24) is 5.32 Å². The van der Waals surface area contributed by atoms with Crippen molar-refractivity contribution in [2.75, 3.05) is 0 Å². The van der Waals surface area contributed by atoms with Crippen LogP contribution in [0.3, 0.4) is 0 Å². The largest absolute Gasteiger partial charge is 0.481 e. The van der Waals surface area contributed by atoms with Crippen molar-refractivity contribution >= 4 is 11.9 Å². The van der Waals surface area contributed by atoms with E-state index >= 15 is 0 Å². The monoisotopic (exact) mass is 187 g/mol. The van der Waals surface area contributed by atoms with Gasteiger partial charge in [0, 0.05) is 13.0 Å². The summed E-state index contributed by atoms with van der Waals surface area (Å²) in [4.78, 5) is 21.1. The predicted octanol–water partition coefficient (Wildman–Crippen LogP) is 1.01. The van der Waals surface area contributed by atoms with E-state index in [-0.39, 0.29) is 18.4 Å². The Kier molecular flexibility index (Phi) is 5.11. The quantitative estimate of drug-likeness (QED) is 0.675. The van der Waals surface area contributed by atoms with E-state index in [1.807, 2.05) is 13.8 Å². The molecule has 0 spiro atoms. The van der Waals surface area contributed by atoms with Crippen molar-refractivity contribution in [2.24, 2.45) is 5.92 Å². The summed E-state index contributed by atoms with van der Waals surface area (Å²) in [5, 5.41) is 11.2. The molecule has 0 aliphatic heterocycles. The summed E-state index contributed by atoms with van der Waals surface area (Å²) in [5.41, 5.74) is 0. The van der Waals surface area contributed by atoms with E-state index < -0.39 is 5.97 Å². The molecule has 13 heavy (non-hydrogen) atoms. The van der Waals surface area contributed by atoms with Gasteiger partial charge in [0.1, 0.15) is 0 Å². The zero-order valence-corrected chi connectivity index (χ0v) is 8.33. The Balaban J connectivity index is 4.02. The molecule has 0 aromatic rings. The van der Waals surface area contributed by atoms with Crippen LogP contribution in [0.25, 0.3) is 0 Å². The average Bonchev–Trinajstić information content (AvgIpc) is 1.80. The van der Waals surface area contributed by atoms with Crippen molar-refractivity contribution in [2.45, 2.75) is 39.7 Å². The minimum absolute atomic E-state index is 0.00222. The molecule has 0 bridgehead atoms. The summed E-state index contributed by atoms with van der Waals surface area (Å²) in [6.45, 7) is 5.39. The van der Waals surface area contributed by atoms with Gasteiger partial charge >= 0.3 is 5.97 Å². The number of hydrogen-bond donors (Lipinski definition) is 2. The van der Waals surface area contributed by atoms with E-state index in [0.717, 1.165) is 0 Å². The Morgan fingerprint density at radius 3 is 2.23 bits per heavy atom. The lowest BCUT2D eigenvalue weighted by Gasteiger charge is -2.17. The summed E-state index contributed by atoms with van der Waals surface area (Å²) in [6, 6.07) is -0.241. The van der Waals surface area contributed by atoms with Crippen LogP contribution in [-0.2, 0) is 9.59 Å². The fraction of sp³-hybridized carbons (Fsp3) is 0.778. The minimum atomic E-state index is -0.876. The van der Waals surface area contributed by atoms with Crippen molar-refractivity contribution in [3.05, 3.63) is 0 Å². The van der Waals surface area contributed by atoms with Gasteiger partial charge in [0.05, 0.1) is 6.42 Å². The highest BCUT2D eigenvalue weighted by atomic mass is 16.4. The molecule has 0 aromatic carbocycles. The number of carboxylic acid groups (broad SMARTS) is 1. The summed E-state index contributed by atoms with van der Waals surface area (Å²) in [5.74, 6) is -0.664. The number of rotatable bonds is 5. The van der Waals surface area contributed by atoms with Crippen LogP contribution in [0.1, 0.15) is 33.6 Å². The molecule has 0 rings (SSSR count). The van der Waals surface area contributed by atoms with Crippen molar-refractivity contribution < 1.29 is 14.7 Å². The van der Waals surface area contributed by atoms with Crippen LogP contribution in [-0.4, -0.2) is 23.0 Å². The van der Waals surface area contributed by atoms with Crippen LogP contribution in [0.5, 0.6) is 0 Å². The third kappa shape index (κ3) is 7.31. The van der Waals surface area contributed by atoms with Gasteiger partial charge in [-0.2, -0.15) is 0 Å². The van der Waals surface area contributed by atoms with Crippen molar-refractivity contribution in [3.8, 4) is 0 Å². The number of carbonyl (C=O) groups is 2. The van der Waals surface area contributed by atoms with Gasteiger partial charge in [0.25, 0.3) is 0 Å². The van der Waals surface area contributed by atoms with Gasteiger partial charge in [0.2, 0.25) is 5.91 Å². The van der Waals surface area contributed by atoms with E-state index in [1.54, 1.807) is 0 Å². The molecule has 0 fully saturated rings. The molecular weight excluding hydrogens is 170 g/mol. The second kappa shape index (κ2) is 5.56. The van der Waals surface area contributed by atoms with E-state index in [2.05, 4.69) is 5.32 Å². The first-order chi connectivity index (χ1) is 5.91. The summed E-state index contributed by atoms with van der Waals surface area (Å²) in [7, 11) is 0. The number of hydrogen-bond acceptors (Lipinski definition) is 2. The minimum Gasteiger partial charge on any atom is -0.481 e. The molecular formula is C9H17NO3. The average molecular weight is 187 g/mol. The van der Waals surface area contributed by atoms with Crippen LogP contribution in [0, 0.1) is 5.92 Å². The topological polar surface area (TPSA) is 66.4 Å². The first kappa shape index (κ1) is 11.9. The van der Waals surface area contributed by atoms with Gasteiger partial charge in [-0.3, -0.25) is 9.59 Å². The highest BCUT2D eigenvalue weighted by Gasteiger charge is 2.15. The van der Waals surface area contributed by atoms with E-state index in [9.17, 15) is 9.59 Å². The second-order valence-corrected chi connectivity index (χ2v) is 3.62. The Labute approximate surface area is 78.3 Å². The predicted molar refractivity (Wildman–Crippen MR) is 49.3 cm³/mol. The smallest absolute Gasteiger partial charge is 0.305 e. The molecule has 76 valence electrons. The molecule has 1 atom stereocenters. The van der Waals surface area contributed by atoms with Crippen LogP contribution in [0.2, 0.25) is 0 Å². The molecule has 0 saturated carbocycles. The summed E-state index contributed by atoms with van der Waals surface area (Å²) < 4.78 is 0. The zero-order valence-electron chi connectivity index (χ0n) is 8.33. The zero-order chi connectivity index (χ0) is 10.4. The lowest BCUT2D eigenvalue weighted by Crippen LogP contribution is -2.35. The van der Waals surface area contributed by atoms with Crippen LogP contribution in [0.4, 0.5) is 0 Å². The SMILES string of the molecule is CC(=O)N[C@H](CC(=O)O)CC(C)C. The third-order valence-electron chi connectivity index (χ3n) is 1.58. The molecule has 4 nitrogen and oxygen atoms in total. The molecule has 2 N–H and O–H groups in total. The molecule has 0 heterocycles. The van der Waals surface area contributed by atoms with Crippen LogP contribution < -0.4 is 5.32 Å². The molecule has 0 aromatic heterocycles. The second-order valence-electron chi connectivity index (χ2n) is 3.62. The lowest BCUT2D eigenvalue weighted by atomic mass is 10.0. The van der Waals surface area contributed by atoms with Gasteiger partial charge in [-0.1, -0.05) is 13.8 Å². The Morgan fingerprint density at radius 1 is 1.38 bits per heavy atom. The van der Waals surface area contributed by atoms with Crippen LogP contribution >= 0.6 is 0 Å². The van der Waals surface area contributed by atoms with Gasteiger partial charge < -0.3 is 10.4 Å². The van der Waals surface area contributed by atoms with Crippen LogP contribution in [0.15, 0.2) is 0 Å². The maximum Gasteiger partial charge on any atom is 0.305 e. The maximum absolute atomic E-state index is 10.7. The number of aliphatic carboxylic acids is 1. The van der Waals surface area contributed by atoms with E-state index in [4.69, 9.17) is 5.11 Å². The van der Waals surface area contributed by atoms with Crippen molar-refractivity contribution in [3.63, 3.8) is 0 Å². The molecule has 0 saturated heterocycles. The number of carboxylic acids is 1. The number of amides is 1. The maximum atomic E-state index is 10.7.